The van der Waals surface area contributed by atoms with Gasteiger partial charge in [-0.15, -0.1) is 0 Å². The van der Waals surface area contributed by atoms with Gasteiger partial charge in [0.05, 0.1) is 7.11 Å². The van der Waals surface area contributed by atoms with E-state index in [9.17, 15) is 14.7 Å². The van der Waals surface area contributed by atoms with Crippen molar-refractivity contribution in [1.82, 2.24) is 5.32 Å². The Morgan fingerprint density at radius 1 is 1.08 bits per heavy atom. The van der Waals surface area contributed by atoms with Gasteiger partial charge in [0, 0.05) is 12.0 Å². The second kappa shape index (κ2) is 7.64. The molecule has 2 aromatic carbocycles. The SMILES string of the molecule is COC(=O)[C@H](Cc1ccc(O)cc1)NC(=O)c1cc(C)cc(C)c1. The minimum atomic E-state index is -0.798. The smallest absolute Gasteiger partial charge is 0.328 e. The van der Waals surface area contributed by atoms with Crippen molar-refractivity contribution in [1.29, 1.82) is 0 Å². The van der Waals surface area contributed by atoms with Crippen molar-refractivity contribution < 1.29 is 19.4 Å². The van der Waals surface area contributed by atoms with Crippen LogP contribution in [0.5, 0.6) is 5.75 Å². The maximum Gasteiger partial charge on any atom is 0.328 e. The average molecular weight is 327 g/mol. The first-order valence-corrected chi connectivity index (χ1v) is 7.64. The second-order valence-corrected chi connectivity index (χ2v) is 5.80. The highest BCUT2D eigenvalue weighted by Crippen LogP contribution is 2.13. The predicted octanol–water partition coefficient (Wildman–Crippen LogP) is 2.52. The molecule has 0 aliphatic carbocycles. The lowest BCUT2D eigenvalue weighted by molar-refractivity contribution is -0.142. The highest BCUT2D eigenvalue weighted by atomic mass is 16.5. The molecular weight excluding hydrogens is 306 g/mol. The first kappa shape index (κ1) is 17.5. The number of amides is 1. The molecule has 24 heavy (non-hydrogen) atoms. The van der Waals surface area contributed by atoms with E-state index in [1.54, 1.807) is 24.3 Å². The standard InChI is InChI=1S/C19H21NO4/c1-12-8-13(2)10-15(9-12)18(22)20-17(19(23)24-3)11-14-4-6-16(21)7-5-14/h4-10,17,21H,11H2,1-3H3,(H,20,22)/t17-/m0/s1. The van der Waals surface area contributed by atoms with Crippen LogP contribution in [0.4, 0.5) is 0 Å². The fourth-order valence-corrected chi connectivity index (χ4v) is 2.55. The van der Waals surface area contributed by atoms with Crippen LogP contribution in [0.3, 0.4) is 0 Å². The molecule has 0 aromatic heterocycles. The number of hydrogen-bond acceptors (Lipinski definition) is 4. The largest absolute Gasteiger partial charge is 0.508 e. The van der Waals surface area contributed by atoms with Crippen LogP contribution in [0.15, 0.2) is 42.5 Å². The van der Waals surface area contributed by atoms with Crippen LogP contribution in [0.25, 0.3) is 0 Å². The van der Waals surface area contributed by atoms with Gasteiger partial charge in [0.1, 0.15) is 11.8 Å². The van der Waals surface area contributed by atoms with E-state index in [-0.39, 0.29) is 18.1 Å². The molecule has 5 nitrogen and oxygen atoms in total. The molecule has 2 aromatic rings. The van der Waals surface area contributed by atoms with E-state index < -0.39 is 12.0 Å². The van der Waals surface area contributed by atoms with Crippen molar-refractivity contribution in [2.24, 2.45) is 0 Å². The van der Waals surface area contributed by atoms with Crippen LogP contribution < -0.4 is 5.32 Å². The Morgan fingerprint density at radius 3 is 2.21 bits per heavy atom. The molecule has 0 heterocycles. The number of aryl methyl sites for hydroxylation is 2. The quantitative estimate of drug-likeness (QED) is 0.828. The monoisotopic (exact) mass is 327 g/mol. The average Bonchev–Trinajstić information content (AvgIpc) is 2.54. The molecule has 0 saturated heterocycles. The number of aromatic hydroxyl groups is 1. The summed E-state index contributed by atoms with van der Waals surface area (Å²) in [4.78, 5) is 24.5. The first-order valence-electron chi connectivity index (χ1n) is 7.64. The molecule has 5 heteroatoms. The van der Waals surface area contributed by atoms with Crippen LogP contribution in [0.2, 0.25) is 0 Å². The van der Waals surface area contributed by atoms with E-state index in [0.717, 1.165) is 16.7 Å². The number of benzene rings is 2. The Bertz CT molecular complexity index is 717. The van der Waals surface area contributed by atoms with Crippen LogP contribution in [0.1, 0.15) is 27.0 Å². The number of methoxy groups -OCH3 is 1. The highest BCUT2D eigenvalue weighted by molar-refractivity contribution is 5.97. The molecule has 0 aliphatic heterocycles. The summed E-state index contributed by atoms with van der Waals surface area (Å²) in [7, 11) is 1.29. The number of rotatable bonds is 5. The maximum absolute atomic E-state index is 12.5. The lowest BCUT2D eigenvalue weighted by Gasteiger charge is -2.17. The number of phenols is 1. The maximum atomic E-state index is 12.5. The molecule has 2 rings (SSSR count). The molecule has 0 bridgehead atoms. The number of esters is 1. The van der Waals surface area contributed by atoms with Gasteiger partial charge in [-0.2, -0.15) is 0 Å². The zero-order valence-corrected chi connectivity index (χ0v) is 14.0. The Hall–Kier alpha value is -2.82. The van der Waals surface area contributed by atoms with E-state index in [1.807, 2.05) is 19.9 Å². The zero-order valence-electron chi connectivity index (χ0n) is 14.0. The third-order valence-electron chi connectivity index (χ3n) is 3.65. The lowest BCUT2D eigenvalue weighted by Crippen LogP contribution is -2.43. The summed E-state index contributed by atoms with van der Waals surface area (Å²) < 4.78 is 4.79. The number of hydrogen-bond donors (Lipinski definition) is 2. The third-order valence-corrected chi connectivity index (χ3v) is 3.65. The summed E-state index contributed by atoms with van der Waals surface area (Å²) >= 11 is 0. The number of carbonyl (C=O) groups excluding carboxylic acids is 2. The summed E-state index contributed by atoms with van der Waals surface area (Å²) in [5, 5.41) is 12.1. The van der Waals surface area contributed by atoms with Gasteiger partial charge in [0.2, 0.25) is 0 Å². The molecule has 0 unspecified atom stereocenters. The molecular formula is C19H21NO4. The molecule has 1 atom stereocenters. The van der Waals surface area contributed by atoms with Crippen molar-refractivity contribution in [2.75, 3.05) is 7.11 Å². The molecule has 126 valence electrons. The van der Waals surface area contributed by atoms with Crippen LogP contribution in [-0.4, -0.2) is 30.1 Å². The highest BCUT2D eigenvalue weighted by Gasteiger charge is 2.22. The van der Waals surface area contributed by atoms with Crippen LogP contribution in [0, 0.1) is 13.8 Å². The Kier molecular flexibility index (Phi) is 5.58. The minimum absolute atomic E-state index is 0.146. The third kappa shape index (κ3) is 4.59. The van der Waals surface area contributed by atoms with Crippen molar-refractivity contribution in [3.63, 3.8) is 0 Å². The first-order chi connectivity index (χ1) is 11.4. The molecule has 0 fully saturated rings. The number of carbonyl (C=O) groups is 2. The van der Waals surface area contributed by atoms with E-state index in [2.05, 4.69) is 5.32 Å². The van der Waals surface area contributed by atoms with Gasteiger partial charge in [-0.1, -0.05) is 29.3 Å². The van der Waals surface area contributed by atoms with Gasteiger partial charge in [-0.3, -0.25) is 4.79 Å². The normalized spacial score (nSPS) is 11.6. The van der Waals surface area contributed by atoms with E-state index in [4.69, 9.17) is 4.74 Å². The summed E-state index contributed by atoms with van der Waals surface area (Å²) in [5.41, 5.74) is 3.28. The molecule has 1 amide bonds. The lowest BCUT2D eigenvalue weighted by atomic mass is 10.0. The number of phenolic OH excluding ortho intramolecular Hbond substituents is 1. The van der Waals surface area contributed by atoms with Gasteiger partial charge in [0.15, 0.2) is 0 Å². The molecule has 0 aliphatic rings. The summed E-state index contributed by atoms with van der Waals surface area (Å²) in [6.45, 7) is 3.83. The van der Waals surface area contributed by atoms with Crippen molar-refractivity contribution in [3.8, 4) is 5.75 Å². The molecule has 0 spiro atoms. The predicted molar refractivity (Wildman–Crippen MR) is 91.0 cm³/mol. The fourth-order valence-electron chi connectivity index (χ4n) is 2.55. The Labute approximate surface area is 141 Å². The fraction of sp³-hybridized carbons (Fsp3) is 0.263. The van der Waals surface area contributed by atoms with Crippen molar-refractivity contribution >= 4 is 11.9 Å². The van der Waals surface area contributed by atoms with E-state index in [1.165, 1.54) is 19.2 Å². The molecule has 0 radical (unpaired) electrons. The van der Waals surface area contributed by atoms with Gasteiger partial charge in [-0.05, 0) is 43.7 Å². The van der Waals surface area contributed by atoms with Crippen LogP contribution in [-0.2, 0) is 16.0 Å². The Morgan fingerprint density at radius 2 is 1.67 bits per heavy atom. The van der Waals surface area contributed by atoms with E-state index >= 15 is 0 Å². The number of ether oxygens (including phenoxy) is 1. The van der Waals surface area contributed by atoms with E-state index in [0.29, 0.717) is 5.56 Å². The van der Waals surface area contributed by atoms with Crippen LogP contribution >= 0.6 is 0 Å². The zero-order chi connectivity index (χ0) is 17.7. The minimum Gasteiger partial charge on any atom is -0.508 e. The molecule has 0 saturated carbocycles. The Balaban J connectivity index is 2.17. The van der Waals surface area contributed by atoms with Crippen molar-refractivity contribution in [3.05, 3.63) is 64.7 Å². The topological polar surface area (TPSA) is 75.6 Å². The van der Waals surface area contributed by atoms with Gasteiger partial charge in [-0.25, -0.2) is 4.79 Å². The van der Waals surface area contributed by atoms with Gasteiger partial charge < -0.3 is 15.2 Å². The van der Waals surface area contributed by atoms with Gasteiger partial charge in [0.25, 0.3) is 5.91 Å². The summed E-state index contributed by atoms with van der Waals surface area (Å²) in [6.07, 6.45) is 0.281. The summed E-state index contributed by atoms with van der Waals surface area (Å²) in [6, 6.07) is 11.2. The van der Waals surface area contributed by atoms with Gasteiger partial charge >= 0.3 is 5.97 Å². The number of nitrogens with one attached hydrogen (secondary N) is 1. The molecule has 2 N–H and O–H groups in total. The van der Waals surface area contributed by atoms with Crippen molar-refractivity contribution in [2.45, 2.75) is 26.3 Å². The second-order valence-electron chi connectivity index (χ2n) is 5.80. The summed E-state index contributed by atoms with van der Waals surface area (Å²) in [5.74, 6) is -0.690.